The Kier molecular flexibility index (Phi) is 8.15. The van der Waals surface area contributed by atoms with Gasteiger partial charge < -0.3 is 18.9 Å². The van der Waals surface area contributed by atoms with Gasteiger partial charge in [0.25, 0.3) is 0 Å². The van der Waals surface area contributed by atoms with Gasteiger partial charge in [-0.3, -0.25) is 0 Å². The third-order valence-corrected chi connectivity index (χ3v) is 5.05. The fraction of sp³-hybridized carbons (Fsp3) is 0.636. The number of epoxide rings is 2. The molecule has 5 rings (SSSR count). The van der Waals surface area contributed by atoms with E-state index in [-0.39, 0.29) is 0 Å². The molecular formula is C22H32O4. The van der Waals surface area contributed by atoms with E-state index in [1.54, 1.807) is 6.08 Å². The lowest BCUT2D eigenvalue weighted by Gasteiger charge is -2.17. The maximum absolute atomic E-state index is 5.64. The van der Waals surface area contributed by atoms with Crippen LogP contribution in [0, 0.1) is 17.8 Å². The average Bonchev–Trinajstić information content (AvgIpc) is 3.49. The van der Waals surface area contributed by atoms with Gasteiger partial charge in [0.05, 0.1) is 39.6 Å². The summed E-state index contributed by atoms with van der Waals surface area (Å²) >= 11 is 0. The number of fused-ring (bicyclic) bond motifs is 2. The van der Waals surface area contributed by atoms with Crippen LogP contribution in [-0.4, -0.2) is 51.8 Å². The molecular weight excluding hydrogens is 328 g/mol. The van der Waals surface area contributed by atoms with E-state index < -0.39 is 0 Å². The van der Waals surface area contributed by atoms with Gasteiger partial charge in [0.2, 0.25) is 0 Å². The first kappa shape index (κ1) is 19.6. The second-order valence-corrected chi connectivity index (χ2v) is 7.41. The van der Waals surface area contributed by atoms with Crippen LogP contribution in [0.3, 0.4) is 0 Å². The van der Waals surface area contributed by atoms with Crippen molar-refractivity contribution in [2.24, 2.45) is 17.8 Å². The summed E-state index contributed by atoms with van der Waals surface area (Å²) in [7, 11) is 0. The van der Waals surface area contributed by atoms with E-state index in [0.29, 0.717) is 18.8 Å². The van der Waals surface area contributed by atoms with Crippen molar-refractivity contribution < 1.29 is 18.9 Å². The maximum atomic E-state index is 5.64. The Hall–Kier alpha value is -1.20. The minimum absolute atomic E-state index is 0.384. The summed E-state index contributed by atoms with van der Waals surface area (Å²) in [6.07, 6.45) is 19.5. The third kappa shape index (κ3) is 7.58. The molecule has 0 aromatic heterocycles. The minimum Gasteiger partial charge on any atom is -0.378 e. The molecule has 1 saturated carbocycles. The molecule has 26 heavy (non-hydrogen) atoms. The van der Waals surface area contributed by atoms with Crippen LogP contribution >= 0.6 is 0 Å². The summed E-state index contributed by atoms with van der Waals surface area (Å²) in [6.45, 7) is 8.43. The Labute approximate surface area is 157 Å². The van der Waals surface area contributed by atoms with Crippen LogP contribution in [0.1, 0.15) is 19.3 Å². The maximum Gasteiger partial charge on any atom is 0.104 e. The van der Waals surface area contributed by atoms with Gasteiger partial charge in [0.1, 0.15) is 12.2 Å². The molecule has 4 heteroatoms. The third-order valence-electron chi connectivity index (χ3n) is 5.05. The molecule has 0 N–H and O–H groups in total. The highest BCUT2D eigenvalue weighted by molar-refractivity contribution is 5.12. The predicted octanol–water partition coefficient (Wildman–Crippen LogP) is 3.70. The lowest BCUT2D eigenvalue weighted by molar-refractivity contribution is 0.0784. The van der Waals surface area contributed by atoms with Crippen LogP contribution in [0.25, 0.3) is 0 Å². The van der Waals surface area contributed by atoms with Crippen molar-refractivity contribution in [1.82, 2.24) is 0 Å². The molecule has 0 radical (unpaired) electrons. The van der Waals surface area contributed by atoms with Gasteiger partial charge in [0, 0.05) is 0 Å². The van der Waals surface area contributed by atoms with E-state index in [9.17, 15) is 0 Å². The fourth-order valence-electron chi connectivity index (χ4n) is 3.44. The van der Waals surface area contributed by atoms with Gasteiger partial charge in [-0.05, 0) is 37.0 Å². The highest BCUT2D eigenvalue weighted by Gasteiger charge is 2.35. The second kappa shape index (κ2) is 10.8. The number of hydrogen-bond acceptors (Lipinski definition) is 4. The predicted molar refractivity (Wildman–Crippen MR) is 103 cm³/mol. The highest BCUT2D eigenvalue weighted by atomic mass is 16.6. The first-order valence-corrected chi connectivity index (χ1v) is 9.84. The second-order valence-electron chi connectivity index (χ2n) is 7.41. The topological polar surface area (TPSA) is 43.5 Å². The summed E-state index contributed by atoms with van der Waals surface area (Å²) in [6, 6.07) is 0. The van der Waals surface area contributed by atoms with Gasteiger partial charge in [-0.2, -0.15) is 0 Å². The standard InChI is InChI=1S/C11H16O2.C6H10O2.C5H6/c1-2-9-3-8(1)4-10(9)5-12-6-11-7-13-11;1-2-3-7-4-6-5-8-6;1-2-4-5-3-1/h1-2,8-11H,3-7H2;2,6H,1,3-5H2;1-4H,5H2. The quantitative estimate of drug-likeness (QED) is 0.376. The van der Waals surface area contributed by atoms with Crippen molar-refractivity contribution >= 4 is 0 Å². The lowest BCUT2D eigenvalue weighted by Crippen LogP contribution is -2.16. The number of hydrogen-bond donors (Lipinski definition) is 0. The molecule has 2 saturated heterocycles. The summed E-state index contributed by atoms with van der Waals surface area (Å²) in [5, 5.41) is 0. The molecule has 5 atom stereocenters. The first-order chi connectivity index (χ1) is 12.8. The molecule has 3 fully saturated rings. The molecule has 0 spiro atoms. The van der Waals surface area contributed by atoms with Crippen LogP contribution in [0.4, 0.5) is 0 Å². The van der Waals surface area contributed by atoms with Crippen molar-refractivity contribution in [3.63, 3.8) is 0 Å². The SMILES string of the molecule is C1=CC2CC1CC2COCC1CO1.C1=CCC=C1.C=CCOCC1CO1. The van der Waals surface area contributed by atoms with E-state index in [0.717, 1.165) is 57.2 Å². The molecule has 5 aliphatic rings. The Morgan fingerprint density at radius 3 is 2.08 bits per heavy atom. The molecule has 5 unspecified atom stereocenters. The molecule has 2 bridgehead atoms. The minimum atomic E-state index is 0.384. The van der Waals surface area contributed by atoms with E-state index in [2.05, 4.69) is 43.0 Å². The smallest absolute Gasteiger partial charge is 0.104 e. The zero-order valence-electron chi connectivity index (χ0n) is 15.6. The van der Waals surface area contributed by atoms with Crippen LogP contribution in [0.5, 0.6) is 0 Å². The largest absolute Gasteiger partial charge is 0.378 e. The zero-order valence-corrected chi connectivity index (χ0v) is 15.6. The van der Waals surface area contributed by atoms with E-state index in [1.807, 2.05) is 0 Å². The summed E-state index contributed by atoms with van der Waals surface area (Å²) < 4.78 is 20.7. The van der Waals surface area contributed by atoms with Gasteiger partial charge >= 0.3 is 0 Å². The Morgan fingerprint density at radius 2 is 1.62 bits per heavy atom. The van der Waals surface area contributed by atoms with Gasteiger partial charge in [-0.25, -0.2) is 0 Å². The molecule has 2 heterocycles. The molecule has 0 aromatic carbocycles. The molecule has 3 aliphatic carbocycles. The van der Waals surface area contributed by atoms with Crippen LogP contribution in [0.15, 0.2) is 49.1 Å². The van der Waals surface area contributed by atoms with Gasteiger partial charge in [-0.15, -0.1) is 6.58 Å². The van der Waals surface area contributed by atoms with Crippen molar-refractivity contribution in [3.05, 3.63) is 49.1 Å². The number of ether oxygens (including phenoxy) is 4. The monoisotopic (exact) mass is 360 g/mol. The van der Waals surface area contributed by atoms with Crippen LogP contribution in [0.2, 0.25) is 0 Å². The number of allylic oxidation sites excluding steroid dienone is 6. The molecule has 144 valence electrons. The average molecular weight is 360 g/mol. The normalized spacial score (nSPS) is 34.1. The van der Waals surface area contributed by atoms with Crippen LogP contribution in [-0.2, 0) is 18.9 Å². The van der Waals surface area contributed by atoms with Crippen molar-refractivity contribution in [3.8, 4) is 0 Å². The molecule has 4 nitrogen and oxygen atoms in total. The molecule has 2 aliphatic heterocycles. The zero-order chi connectivity index (χ0) is 18.0. The van der Waals surface area contributed by atoms with Crippen molar-refractivity contribution in [2.45, 2.75) is 31.5 Å². The Bertz CT molecular complexity index is 492. The van der Waals surface area contributed by atoms with Gasteiger partial charge in [-0.1, -0.05) is 42.5 Å². The summed E-state index contributed by atoms with van der Waals surface area (Å²) in [5.74, 6) is 2.50. The molecule has 0 aromatic rings. The Morgan fingerprint density at radius 1 is 0.923 bits per heavy atom. The van der Waals surface area contributed by atoms with E-state index in [4.69, 9.17) is 18.9 Å². The first-order valence-electron chi connectivity index (χ1n) is 9.84. The highest BCUT2D eigenvalue weighted by Crippen LogP contribution is 2.43. The number of rotatable bonds is 8. The van der Waals surface area contributed by atoms with Crippen molar-refractivity contribution in [1.29, 1.82) is 0 Å². The Balaban J connectivity index is 0.000000129. The lowest BCUT2D eigenvalue weighted by atomic mass is 9.95. The molecule has 0 amide bonds. The fourth-order valence-corrected chi connectivity index (χ4v) is 3.44. The van der Waals surface area contributed by atoms with Crippen LogP contribution < -0.4 is 0 Å². The van der Waals surface area contributed by atoms with E-state index >= 15 is 0 Å². The summed E-state index contributed by atoms with van der Waals surface area (Å²) in [5.41, 5.74) is 0. The van der Waals surface area contributed by atoms with Crippen molar-refractivity contribution in [2.75, 3.05) is 39.6 Å². The van der Waals surface area contributed by atoms with E-state index in [1.165, 1.54) is 12.8 Å². The summed E-state index contributed by atoms with van der Waals surface area (Å²) in [4.78, 5) is 0. The van der Waals surface area contributed by atoms with Gasteiger partial charge in [0.15, 0.2) is 0 Å².